The van der Waals surface area contributed by atoms with E-state index in [1.165, 1.54) is 0 Å². The second-order valence-electron chi connectivity index (χ2n) is 2.31. The predicted molar refractivity (Wildman–Crippen MR) is 36.7 cm³/mol. The third-order valence-electron chi connectivity index (χ3n) is 1.59. The number of rotatable bonds is 2. The molecule has 0 amide bonds. The van der Waals surface area contributed by atoms with E-state index in [1.54, 1.807) is 0 Å². The molecule has 0 heterocycles. The lowest BCUT2D eigenvalue weighted by molar-refractivity contribution is -0.144. The fourth-order valence-electron chi connectivity index (χ4n) is 0.941. The summed E-state index contributed by atoms with van der Waals surface area (Å²) in [7, 11) is 0. The van der Waals surface area contributed by atoms with Gasteiger partial charge in [0.1, 0.15) is 16.2 Å². The predicted octanol–water partition coefficient (Wildman–Crippen LogP) is 0.576. The van der Waals surface area contributed by atoms with Crippen LogP contribution in [0.15, 0.2) is 0 Å². The van der Waals surface area contributed by atoms with Gasteiger partial charge in [-0.15, -0.1) is 0 Å². The zero-order valence-corrected chi connectivity index (χ0v) is 6.63. The molecule has 1 aliphatic rings. The molecule has 6 heteroatoms. The van der Waals surface area contributed by atoms with Crippen molar-refractivity contribution in [2.45, 2.75) is 4.33 Å². The average Bonchev–Trinajstić information content (AvgIpc) is 2.33. The molecule has 1 aliphatic carbocycles. The van der Waals surface area contributed by atoms with Gasteiger partial charge in [-0.05, 0) is 0 Å². The van der Waals surface area contributed by atoms with Crippen molar-refractivity contribution in [1.29, 1.82) is 0 Å². The first-order valence-corrected chi connectivity index (χ1v) is 3.48. The minimum Gasteiger partial charge on any atom is -0.481 e. The van der Waals surface area contributed by atoms with Gasteiger partial charge in [-0.2, -0.15) is 0 Å². The fraction of sp³-hybridized carbons (Fsp3) is 0.600. The van der Waals surface area contributed by atoms with Crippen LogP contribution in [0.4, 0.5) is 0 Å². The van der Waals surface area contributed by atoms with Crippen LogP contribution in [0.25, 0.3) is 0 Å². The highest BCUT2D eigenvalue weighted by atomic mass is 35.5. The quantitative estimate of drug-likeness (QED) is 0.637. The summed E-state index contributed by atoms with van der Waals surface area (Å²) in [4.78, 5) is 20.5. The van der Waals surface area contributed by atoms with Gasteiger partial charge < -0.3 is 10.2 Å². The highest BCUT2D eigenvalue weighted by molar-refractivity contribution is 6.54. The molecule has 11 heavy (non-hydrogen) atoms. The van der Waals surface area contributed by atoms with Crippen LogP contribution in [-0.2, 0) is 9.59 Å². The Labute approximate surface area is 71.7 Å². The van der Waals surface area contributed by atoms with Crippen LogP contribution in [0.1, 0.15) is 0 Å². The Morgan fingerprint density at radius 3 is 1.45 bits per heavy atom. The van der Waals surface area contributed by atoms with E-state index in [-0.39, 0.29) is 0 Å². The van der Waals surface area contributed by atoms with Crippen molar-refractivity contribution in [2.75, 3.05) is 0 Å². The summed E-state index contributed by atoms with van der Waals surface area (Å²) in [5.41, 5.74) is 0. The van der Waals surface area contributed by atoms with Crippen molar-refractivity contribution >= 4 is 35.1 Å². The van der Waals surface area contributed by atoms with E-state index in [4.69, 9.17) is 33.4 Å². The third kappa shape index (κ3) is 1.16. The Morgan fingerprint density at radius 2 is 1.36 bits per heavy atom. The van der Waals surface area contributed by atoms with Crippen molar-refractivity contribution in [1.82, 2.24) is 0 Å². The minimum atomic E-state index is -1.63. The van der Waals surface area contributed by atoms with E-state index in [2.05, 4.69) is 0 Å². The average molecular weight is 199 g/mol. The SMILES string of the molecule is O=C(O)C1C(C(=O)O)C1(Cl)Cl. The molecule has 0 aromatic rings. The van der Waals surface area contributed by atoms with Crippen LogP contribution < -0.4 is 0 Å². The lowest BCUT2D eigenvalue weighted by atomic mass is 10.3. The van der Waals surface area contributed by atoms with Crippen molar-refractivity contribution in [3.8, 4) is 0 Å². The highest BCUT2D eigenvalue weighted by Gasteiger charge is 2.71. The lowest BCUT2D eigenvalue weighted by Gasteiger charge is -1.89. The molecular formula is C5H4Cl2O4. The third-order valence-corrected chi connectivity index (χ3v) is 2.53. The molecule has 0 saturated heterocycles. The molecule has 2 unspecified atom stereocenters. The highest BCUT2D eigenvalue weighted by Crippen LogP contribution is 2.59. The maximum atomic E-state index is 10.3. The number of hydrogen-bond donors (Lipinski definition) is 2. The minimum absolute atomic E-state index is 1.18. The summed E-state index contributed by atoms with van der Waals surface area (Å²) in [6.45, 7) is 0. The summed E-state index contributed by atoms with van der Waals surface area (Å²) in [6, 6.07) is 0. The maximum absolute atomic E-state index is 10.3. The van der Waals surface area contributed by atoms with Gasteiger partial charge in [0.05, 0.1) is 0 Å². The summed E-state index contributed by atoms with van der Waals surface area (Å²) >= 11 is 10.7. The molecule has 2 N–H and O–H groups in total. The molecule has 62 valence electrons. The van der Waals surface area contributed by atoms with Gasteiger partial charge in [-0.1, -0.05) is 23.2 Å². The Balaban J connectivity index is 2.76. The second kappa shape index (κ2) is 2.25. The van der Waals surface area contributed by atoms with Crippen molar-refractivity contribution in [3.63, 3.8) is 0 Å². The zero-order chi connectivity index (χ0) is 8.81. The molecule has 0 aliphatic heterocycles. The Morgan fingerprint density at radius 1 is 1.09 bits per heavy atom. The number of carbonyl (C=O) groups is 2. The summed E-state index contributed by atoms with van der Waals surface area (Å²) in [6.07, 6.45) is 0. The molecule has 0 bridgehead atoms. The van der Waals surface area contributed by atoms with Gasteiger partial charge in [0.2, 0.25) is 0 Å². The Kier molecular flexibility index (Phi) is 1.76. The van der Waals surface area contributed by atoms with Crippen LogP contribution in [0.3, 0.4) is 0 Å². The van der Waals surface area contributed by atoms with Crippen molar-refractivity contribution in [2.24, 2.45) is 11.8 Å². The molecule has 1 saturated carbocycles. The van der Waals surface area contributed by atoms with Gasteiger partial charge >= 0.3 is 11.9 Å². The number of aliphatic carboxylic acids is 2. The van der Waals surface area contributed by atoms with Gasteiger partial charge in [0, 0.05) is 0 Å². The van der Waals surface area contributed by atoms with Crippen LogP contribution >= 0.6 is 23.2 Å². The normalized spacial score (nSPS) is 32.9. The molecule has 4 nitrogen and oxygen atoms in total. The summed E-state index contributed by atoms with van der Waals surface area (Å²) in [5, 5.41) is 16.8. The number of alkyl halides is 2. The number of carboxylic acids is 2. The first kappa shape index (κ1) is 8.62. The monoisotopic (exact) mass is 198 g/mol. The molecule has 0 aromatic heterocycles. The van der Waals surface area contributed by atoms with Crippen LogP contribution in [0.5, 0.6) is 0 Å². The molecule has 0 spiro atoms. The molecular weight excluding hydrogens is 195 g/mol. The van der Waals surface area contributed by atoms with Gasteiger partial charge in [-0.3, -0.25) is 9.59 Å². The van der Waals surface area contributed by atoms with E-state index < -0.39 is 28.1 Å². The number of hydrogen-bond acceptors (Lipinski definition) is 2. The van der Waals surface area contributed by atoms with E-state index in [1.807, 2.05) is 0 Å². The summed E-state index contributed by atoms with van der Waals surface area (Å²) in [5.74, 6) is -4.91. The van der Waals surface area contributed by atoms with Gasteiger partial charge in [0.25, 0.3) is 0 Å². The van der Waals surface area contributed by atoms with Gasteiger partial charge in [0.15, 0.2) is 0 Å². The lowest BCUT2D eigenvalue weighted by Crippen LogP contribution is -2.05. The van der Waals surface area contributed by atoms with Crippen molar-refractivity contribution in [3.05, 3.63) is 0 Å². The molecule has 2 atom stereocenters. The maximum Gasteiger partial charge on any atom is 0.310 e. The molecule has 1 fully saturated rings. The standard InChI is InChI=1S/C5H4Cl2O4/c6-5(7)1(3(8)9)2(5)4(10)11/h1-2H,(H,8,9)(H,10,11). The Bertz CT molecular complexity index is 203. The van der Waals surface area contributed by atoms with Crippen LogP contribution in [0, 0.1) is 11.8 Å². The number of carboxylic acid groups (broad SMARTS) is 2. The first-order chi connectivity index (χ1) is 4.89. The first-order valence-electron chi connectivity index (χ1n) is 2.72. The topological polar surface area (TPSA) is 74.6 Å². The van der Waals surface area contributed by atoms with E-state index in [0.717, 1.165) is 0 Å². The molecule has 0 aromatic carbocycles. The zero-order valence-electron chi connectivity index (χ0n) is 5.12. The summed E-state index contributed by atoms with van der Waals surface area (Å²) < 4.78 is -1.63. The van der Waals surface area contributed by atoms with E-state index >= 15 is 0 Å². The smallest absolute Gasteiger partial charge is 0.310 e. The molecule has 0 radical (unpaired) electrons. The largest absolute Gasteiger partial charge is 0.481 e. The second-order valence-corrected chi connectivity index (χ2v) is 3.75. The molecule has 1 rings (SSSR count). The van der Waals surface area contributed by atoms with E-state index in [0.29, 0.717) is 0 Å². The van der Waals surface area contributed by atoms with Crippen LogP contribution in [0.2, 0.25) is 0 Å². The van der Waals surface area contributed by atoms with Crippen LogP contribution in [-0.4, -0.2) is 26.5 Å². The van der Waals surface area contributed by atoms with Gasteiger partial charge in [-0.25, -0.2) is 0 Å². The number of halogens is 2. The fourth-order valence-corrected chi connectivity index (χ4v) is 1.69. The Hall–Kier alpha value is -0.480. The van der Waals surface area contributed by atoms with Crippen molar-refractivity contribution < 1.29 is 19.8 Å². The van der Waals surface area contributed by atoms with E-state index in [9.17, 15) is 9.59 Å².